The van der Waals surface area contributed by atoms with Crippen molar-refractivity contribution < 1.29 is 22.7 Å². The summed E-state index contributed by atoms with van der Waals surface area (Å²) in [6.45, 7) is 0.438. The summed E-state index contributed by atoms with van der Waals surface area (Å²) >= 11 is 0. The summed E-state index contributed by atoms with van der Waals surface area (Å²) < 4.78 is 42.8. The largest absolute Gasteiger partial charge is 0.453 e. The van der Waals surface area contributed by atoms with E-state index in [0.29, 0.717) is 13.0 Å². The van der Waals surface area contributed by atoms with Crippen molar-refractivity contribution in [2.45, 2.75) is 31.1 Å². The molecule has 1 amide bonds. The zero-order valence-corrected chi connectivity index (χ0v) is 10.2. The fourth-order valence-electron chi connectivity index (χ4n) is 2.12. The number of hydrogen-bond donors (Lipinski definition) is 2. The Balaban J connectivity index is 2.55. The average Bonchev–Trinajstić information content (AvgIpc) is 2.72. The van der Waals surface area contributed by atoms with E-state index in [1.807, 2.05) is 0 Å². The number of nitrogens with one attached hydrogen (secondary N) is 1. The van der Waals surface area contributed by atoms with Crippen LogP contribution in [0, 0.1) is 0 Å². The molecule has 5 nitrogen and oxygen atoms in total. The lowest BCUT2D eigenvalue weighted by Crippen LogP contribution is -2.47. The Labute approximate surface area is 103 Å². The number of amides is 1. The molecular weight excluding hydrogens is 251 g/mol. The topological polar surface area (TPSA) is 67.6 Å². The third-order valence-electron chi connectivity index (χ3n) is 2.99. The van der Waals surface area contributed by atoms with Gasteiger partial charge in [-0.3, -0.25) is 4.90 Å². The van der Waals surface area contributed by atoms with Crippen molar-refractivity contribution in [2.24, 2.45) is 5.73 Å². The molecule has 0 aromatic carbocycles. The zero-order valence-electron chi connectivity index (χ0n) is 10.2. The van der Waals surface area contributed by atoms with E-state index in [0.717, 1.165) is 0 Å². The van der Waals surface area contributed by atoms with Gasteiger partial charge in [-0.25, -0.2) is 4.79 Å². The molecule has 2 unspecified atom stereocenters. The van der Waals surface area contributed by atoms with E-state index < -0.39 is 18.3 Å². The quantitative estimate of drug-likeness (QED) is 0.788. The summed E-state index contributed by atoms with van der Waals surface area (Å²) in [5.41, 5.74) is 5.21. The third-order valence-corrected chi connectivity index (χ3v) is 2.99. The smallest absolute Gasteiger partial charge is 0.407 e. The van der Waals surface area contributed by atoms with Crippen LogP contribution in [0.4, 0.5) is 18.0 Å². The lowest BCUT2D eigenvalue weighted by atomic mass is 10.1. The van der Waals surface area contributed by atoms with Crippen molar-refractivity contribution in [3.05, 3.63) is 0 Å². The number of ether oxygens (including phenoxy) is 1. The first kappa shape index (κ1) is 15.0. The van der Waals surface area contributed by atoms with Gasteiger partial charge in [0.1, 0.15) is 6.04 Å². The summed E-state index contributed by atoms with van der Waals surface area (Å²) in [5.74, 6) is 0. The van der Waals surface area contributed by atoms with Crippen LogP contribution in [-0.2, 0) is 4.74 Å². The van der Waals surface area contributed by atoms with Crippen LogP contribution in [0.3, 0.4) is 0 Å². The summed E-state index contributed by atoms with van der Waals surface area (Å²) in [4.78, 5) is 12.3. The van der Waals surface area contributed by atoms with E-state index in [2.05, 4.69) is 10.1 Å². The Hall–Kier alpha value is -1.02. The van der Waals surface area contributed by atoms with Gasteiger partial charge in [0.25, 0.3) is 0 Å². The van der Waals surface area contributed by atoms with Crippen LogP contribution in [-0.4, -0.2) is 56.0 Å². The SMILES string of the molecule is COC(=O)NC1CCN(C(CCN)C(F)(F)F)C1. The zero-order chi connectivity index (χ0) is 13.8. The Morgan fingerprint density at radius 3 is 2.78 bits per heavy atom. The minimum Gasteiger partial charge on any atom is -0.453 e. The fourth-order valence-corrected chi connectivity index (χ4v) is 2.12. The highest BCUT2D eigenvalue weighted by Gasteiger charge is 2.45. The molecule has 1 rings (SSSR count). The number of carbonyl (C=O) groups is 1. The highest BCUT2D eigenvalue weighted by molar-refractivity contribution is 5.67. The number of carbonyl (C=O) groups excluding carboxylic acids is 1. The van der Waals surface area contributed by atoms with Crippen LogP contribution in [0.5, 0.6) is 0 Å². The standard InChI is InChI=1S/C10H18F3N3O2/c1-18-9(17)15-7-3-5-16(6-7)8(2-4-14)10(11,12)13/h7-8H,2-6,14H2,1H3,(H,15,17). The van der Waals surface area contributed by atoms with Gasteiger partial charge >= 0.3 is 12.3 Å². The maximum atomic E-state index is 12.8. The van der Waals surface area contributed by atoms with Crippen molar-refractivity contribution in [3.8, 4) is 0 Å². The maximum absolute atomic E-state index is 12.8. The molecule has 1 aliphatic rings. The van der Waals surface area contributed by atoms with Crippen LogP contribution in [0.1, 0.15) is 12.8 Å². The number of halogens is 3. The fraction of sp³-hybridized carbons (Fsp3) is 0.900. The Morgan fingerprint density at radius 2 is 2.28 bits per heavy atom. The number of alkyl carbamates (subject to hydrolysis) is 1. The first-order valence-corrected chi connectivity index (χ1v) is 5.73. The van der Waals surface area contributed by atoms with E-state index in [9.17, 15) is 18.0 Å². The van der Waals surface area contributed by atoms with Gasteiger partial charge in [-0.15, -0.1) is 0 Å². The summed E-state index contributed by atoms with van der Waals surface area (Å²) in [6, 6.07) is -1.84. The molecule has 1 heterocycles. The highest BCUT2D eigenvalue weighted by Crippen LogP contribution is 2.29. The van der Waals surface area contributed by atoms with Gasteiger partial charge in [-0.1, -0.05) is 0 Å². The normalized spacial score (nSPS) is 22.8. The number of hydrogen-bond acceptors (Lipinski definition) is 4. The minimum atomic E-state index is -4.29. The highest BCUT2D eigenvalue weighted by atomic mass is 19.4. The van der Waals surface area contributed by atoms with Crippen LogP contribution in [0.2, 0.25) is 0 Å². The number of rotatable bonds is 4. The molecule has 0 saturated carbocycles. The van der Waals surface area contributed by atoms with Gasteiger partial charge in [0.05, 0.1) is 7.11 Å². The van der Waals surface area contributed by atoms with Gasteiger partial charge in [0.15, 0.2) is 0 Å². The number of alkyl halides is 3. The molecule has 0 spiro atoms. The minimum absolute atomic E-state index is 0.0181. The molecule has 8 heteroatoms. The molecule has 18 heavy (non-hydrogen) atoms. The lowest BCUT2D eigenvalue weighted by Gasteiger charge is -2.29. The van der Waals surface area contributed by atoms with Gasteiger partial charge in [0.2, 0.25) is 0 Å². The molecule has 106 valence electrons. The molecule has 1 aliphatic heterocycles. The molecule has 0 aliphatic carbocycles. The average molecular weight is 269 g/mol. The second kappa shape index (κ2) is 6.24. The van der Waals surface area contributed by atoms with Crippen molar-refractivity contribution in [1.29, 1.82) is 0 Å². The first-order chi connectivity index (χ1) is 8.38. The number of likely N-dealkylation sites (tertiary alicyclic amines) is 1. The Kier molecular flexibility index (Phi) is 5.21. The van der Waals surface area contributed by atoms with Crippen molar-refractivity contribution in [1.82, 2.24) is 10.2 Å². The van der Waals surface area contributed by atoms with E-state index in [1.54, 1.807) is 0 Å². The Morgan fingerprint density at radius 1 is 1.61 bits per heavy atom. The second-order valence-electron chi connectivity index (χ2n) is 4.25. The monoisotopic (exact) mass is 269 g/mol. The molecule has 0 bridgehead atoms. The van der Waals surface area contributed by atoms with E-state index >= 15 is 0 Å². The molecular formula is C10H18F3N3O2. The molecule has 2 atom stereocenters. The predicted octanol–water partition coefficient (Wildman–Crippen LogP) is 0.696. The summed E-state index contributed by atoms with van der Waals surface area (Å²) in [6.07, 6.45) is -4.57. The van der Waals surface area contributed by atoms with E-state index in [-0.39, 0.29) is 25.6 Å². The lowest BCUT2D eigenvalue weighted by molar-refractivity contribution is -0.182. The van der Waals surface area contributed by atoms with Gasteiger partial charge in [-0.05, 0) is 19.4 Å². The van der Waals surface area contributed by atoms with E-state index in [1.165, 1.54) is 12.0 Å². The maximum Gasteiger partial charge on any atom is 0.407 e. The molecule has 1 saturated heterocycles. The number of methoxy groups -OCH3 is 1. The second-order valence-corrected chi connectivity index (χ2v) is 4.25. The number of nitrogens with two attached hydrogens (primary N) is 1. The van der Waals surface area contributed by atoms with Gasteiger partial charge < -0.3 is 15.8 Å². The molecule has 0 aromatic rings. The van der Waals surface area contributed by atoms with Crippen molar-refractivity contribution in [3.63, 3.8) is 0 Å². The van der Waals surface area contributed by atoms with Crippen LogP contribution in [0.15, 0.2) is 0 Å². The number of nitrogens with zero attached hydrogens (tertiary/aromatic N) is 1. The summed E-state index contributed by atoms with van der Waals surface area (Å²) in [7, 11) is 1.22. The third kappa shape index (κ3) is 4.02. The summed E-state index contributed by atoms with van der Waals surface area (Å²) in [5, 5.41) is 2.51. The Bertz CT molecular complexity index is 286. The van der Waals surface area contributed by atoms with Crippen LogP contribution < -0.4 is 11.1 Å². The van der Waals surface area contributed by atoms with Gasteiger partial charge in [-0.2, -0.15) is 13.2 Å². The van der Waals surface area contributed by atoms with Crippen LogP contribution in [0.25, 0.3) is 0 Å². The molecule has 3 N–H and O–H groups in total. The first-order valence-electron chi connectivity index (χ1n) is 5.73. The van der Waals surface area contributed by atoms with Gasteiger partial charge in [0, 0.05) is 19.1 Å². The van der Waals surface area contributed by atoms with E-state index in [4.69, 9.17) is 5.73 Å². The molecule has 0 aromatic heterocycles. The predicted molar refractivity (Wildman–Crippen MR) is 59.0 cm³/mol. The van der Waals surface area contributed by atoms with Crippen molar-refractivity contribution in [2.75, 3.05) is 26.7 Å². The van der Waals surface area contributed by atoms with Crippen molar-refractivity contribution >= 4 is 6.09 Å². The van der Waals surface area contributed by atoms with Crippen LogP contribution >= 0.6 is 0 Å². The molecule has 1 fully saturated rings. The molecule has 0 radical (unpaired) electrons.